The molecule has 2 aromatic rings. The van der Waals surface area contributed by atoms with Gasteiger partial charge in [-0.05, 0) is 62.4 Å². The minimum absolute atomic E-state index is 0.0179. The second-order valence-electron chi connectivity index (χ2n) is 8.21. The van der Waals surface area contributed by atoms with E-state index in [2.05, 4.69) is 10.6 Å². The molecule has 170 valence electrons. The van der Waals surface area contributed by atoms with E-state index in [1.165, 1.54) is 23.5 Å². The molecule has 0 unspecified atom stereocenters. The molecular formula is C23H25ClFN3O3S. The van der Waals surface area contributed by atoms with Gasteiger partial charge in [-0.3, -0.25) is 14.4 Å². The van der Waals surface area contributed by atoms with Gasteiger partial charge in [-0.1, -0.05) is 18.0 Å². The molecule has 2 N–H and O–H groups in total. The van der Waals surface area contributed by atoms with Gasteiger partial charge in [0.25, 0.3) is 11.8 Å². The summed E-state index contributed by atoms with van der Waals surface area (Å²) in [7, 11) is 0. The number of halogens is 2. The average molecular weight is 478 g/mol. The zero-order chi connectivity index (χ0) is 22.7. The number of hydrogen-bond acceptors (Lipinski definition) is 4. The van der Waals surface area contributed by atoms with Crippen LogP contribution in [0.25, 0.3) is 0 Å². The fourth-order valence-corrected chi connectivity index (χ4v) is 5.29. The number of nitrogens with one attached hydrogen (secondary N) is 2. The van der Waals surface area contributed by atoms with Gasteiger partial charge in [0.2, 0.25) is 5.91 Å². The Kier molecular flexibility index (Phi) is 7.10. The maximum atomic E-state index is 14.8. The van der Waals surface area contributed by atoms with E-state index in [1.807, 2.05) is 0 Å². The monoisotopic (exact) mass is 477 g/mol. The highest BCUT2D eigenvalue weighted by Gasteiger charge is 2.31. The third-order valence-corrected chi connectivity index (χ3v) is 7.26. The summed E-state index contributed by atoms with van der Waals surface area (Å²) in [6, 6.07) is 7.12. The lowest BCUT2D eigenvalue weighted by Gasteiger charge is -2.23. The summed E-state index contributed by atoms with van der Waals surface area (Å²) < 4.78 is 15.3. The van der Waals surface area contributed by atoms with Crippen molar-refractivity contribution in [3.05, 3.63) is 50.9 Å². The minimum atomic E-state index is -0.663. The van der Waals surface area contributed by atoms with Gasteiger partial charge in [-0.25, -0.2) is 4.39 Å². The van der Waals surface area contributed by atoms with Crippen molar-refractivity contribution in [2.24, 2.45) is 0 Å². The molecular weight excluding hydrogens is 453 g/mol. The van der Waals surface area contributed by atoms with Crippen LogP contribution in [0.1, 0.15) is 65.0 Å². The highest BCUT2D eigenvalue weighted by atomic mass is 35.5. The number of anilines is 1. The Morgan fingerprint density at radius 2 is 1.75 bits per heavy atom. The van der Waals surface area contributed by atoms with Crippen molar-refractivity contribution in [2.75, 3.05) is 11.4 Å². The van der Waals surface area contributed by atoms with Crippen molar-refractivity contribution in [2.45, 2.75) is 57.0 Å². The second kappa shape index (κ2) is 10.0. The second-order valence-corrected chi connectivity index (χ2v) is 9.93. The van der Waals surface area contributed by atoms with Crippen molar-refractivity contribution >= 4 is 46.3 Å². The maximum absolute atomic E-state index is 14.8. The van der Waals surface area contributed by atoms with Gasteiger partial charge in [-0.2, -0.15) is 0 Å². The highest BCUT2D eigenvalue weighted by molar-refractivity contribution is 7.18. The fourth-order valence-electron chi connectivity index (χ4n) is 4.34. The van der Waals surface area contributed by atoms with Crippen LogP contribution in [0.2, 0.25) is 4.34 Å². The van der Waals surface area contributed by atoms with E-state index >= 15 is 0 Å². The molecule has 1 aliphatic heterocycles. The van der Waals surface area contributed by atoms with Crippen LogP contribution in [-0.4, -0.2) is 36.3 Å². The number of nitrogens with zero attached hydrogens (tertiary/aromatic N) is 1. The summed E-state index contributed by atoms with van der Waals surface area (Å²) in [5.41, 5.74) is 0.407. The molecule has 2 heterocycles. The first-order chi connectivity index (χ1) is 15.4. The van der Waals surface area contributed by atoms with Crippen molar-refractivity contribution in [3.8, 4) is 0 Å². The van der Waals surface area contributed by atoms with E-state index in [0.29, 0.717) is 34.3 Å². The van der Waals surface area contributed by atoms with Crippen molar-refractivity contribution in [1.82, 2.24) is 10.6 Å². The molecule has 1 aromatic heterocycles. The van der Waals surface area contributed by atoms with Gasteiger partial charge < -0.3 is 15.5 Å². The Morgan fingerprint density at radius 3 is 2.44 bits per heavy atom. The van der Waals surface area contributed by atoms with Crippen LogP contribution in [0, 0.1) is 5.82 Å². The smallest absolute Gasteiger partial charge is 0.261 e. The average Bonchev–Trinajstić information content (AvgIpc) is 3.32. The van der Waals surface area contributed by atoms with Gasteiger partial charge in [0.05, 0.1) is 14.8 Å². The number of amides is 3. The molecule has 1 saturated carbocycles. The SMILES string of the molecule is O=C(N[C@@H]1CCC[C@@H]1NC(=O)c1ccc(N2CCCCCC2=O)cc1F)c1ccc(Cl)s1. The lowest BCUT2D eigenvalue weighted by atomic mass is 10.1. The van der Waals surface area contributed by atoms with Crippen LogP contribution in [0.15, 0.2) is 30.3 Å². The quantitative estimate of drug-likeness (QED) is 0.664. The number of rotatable bonds is 5. The molecule has 32 heavy (non-hydrogen) atoms. The molecule has 4 rings (SSSR count). The lowest BCUT2D eigenvalue weighted by molar-refractivity contribution is -0.118. The summed E-state index contributed by atoms with van der Waals surface area (Å²) in [5.74, 6) is -1.44. The third kappa shape index (κ3) is 5.13. The topological polar surface area (TPSA) is 78.5 Å². The summed E-state index contributed by atoms with van der Waals surface area (Å²) in [6.45, 7) is 0.558. The summed E-state index contributed by atoms with van der Waals surface area (Å²) >= 11 is 7.10. The van der Waals surface area contributed by atoms with Crippen LogP contribution >= 0.6 is 22.9 Å². The zero-order valence-electron chi connectivity index (χ0n) is 17.5. The predicted molar refractivity (Wildman–Crippen MR) is 123 cm³/mol. The number of benzene rings is 1. The molecule has 2 fully saturated rings. The van der Waals surface area contributed by atoms with Crippen molar-refractivity contribution in [3.63, 3.8) is 0 Å². The van der Waals surface area contributed by atoms with Crippen LogP contribution in [-0.2, 0) is 4.79 Å². The number of thiophene rings is 1. The van der Waals surface area contributed by atoms with Gasteiger partial charge in [0.1, 0.15) is 5.82 Å². The van der Waals surface area contributed by atoms with Gasteiger partial charge in [0, 0.05) is 30.7 Å². The van der Waals surface area contributed by atoms with Crippen LogP contribution in [0.5, 0.6) is 0 Å². The van der Waals surface area contributed by atoms with Crippen LogP contribution in [0.4, 0.5) is 10.1 Å². The van der Waals surface area contributed by atoms with Crippen molar-refractivity contribution < 1.29 is 18.8 Å². The molecule has 9 heteroatoms. The lowest BCUT2D eigenvalue weighted by Crippen LogP contribution is -2.48. The molecule has 0 bridgehead atoms. The van der Waals surface area contributed by atoms with E-state index in [-0.39, 0.29) is 29.5 Å². The first-order valence-corrected chi connectivity index (χ1v) is 12.1. The van der Waals surface area contributed by atoms with Crippen LogP contribution < -0.4 is 15.5 Å². The Bertz CT molecular complexity index is 1030. The largest absolute Gasteiger partial charge is 0.347 e. The standard InChI is InChI=1S/C23H25ClFN3O3S/c24-20-11-10-19(32-20)23(31)27-18-6-4-5-17(18)26-22(30)15-9-8-14(13-16(15)25)28-12-3-1-2-7-21(28)29/h8-11,13,17-18H,1-7,12H2,(H,26,30)(H,27,31)/t17-,18+/m0/s1. The molecule has 0 spiro atoms. The molecule has 3 amide bonds. The Hall–Kier alpha value is -2.45. The van der Waals surface area contributed by atoms with E-state index in [1.54, 1.807) is 23.1 Å². The number of hydrogen-bond donors (Lipinski definition) is 2. The Morgan fingerprint density at radius 1 is 1.00 bits per heavy atom. The van der Waals surface area contributed by atoms with E-state index < -0.39 is 11.7 Å². The van der Waals surface area contributed by atoms with Crippen molar-refractivity contribution in [1.29, 1.82) is 0 Å². The molecule has 1 saturated heterocycles. The molecule has 0 radical (unpaired) electrons. The third-order valence-electron chi connectivity index (χ3n) is 6.03. The van der Waals surface area contributed by atoms with Gasteiger partial charge in [0.15, 0.2) is 0 Å². The Balaban J connectivity index is 1.41. The molecule has 2 atom stereocenters. The number of carbonyl (C=O) groups is 3. The normalized spacial score (nSPS) is 21.3. The van der Waals surface area contributed by atoms with E-state index in [9.17, 15) is 18.8 Å². The number of carbonyl (C=O) groups excluding carboxylic acids is 3. The predicted octanol–water partition coefficient (Wildman–Crippen LogP) is 4.53. The van der Waals surface area contributed by atoms with Crippen LogP contribution in [0.3, 0.4) is 0 Å². The van der Waals surface area contributed by atoms with E-state index in [4.69, 9.17) is 11.6 Å². The van der Waals surface area contributed by atoms with Gasteiger partial charge in [-0.15, -0.1) is 11.3 Å². The first kappa shape index (κ1) is 22.7. The Labute approximate surface area is 195 Å². The maximum Gasteiger partial charge on any atom is 0.261 e. The molecule has 6 nitrogen and oxygen atoms in total. The first-order valence-electron chi connectivity index (χ1n) is 10.9. The fraction of sp³-hybridized carbons (Fsp3) is 0.435. The van der Waals surface area contributed by atoms with E-state index in [0.717, 1.165) is 32.1 Å². The molecule has 1 aliphatic carbocycles. The summed E-state index contributed by atoms with van der Waals surface area (Å²) in [6.07, 6.45) is 5.43. The minimum Gasteiger partial charge on any atom is -0.347 e. The summed E-state index contributed by atoms with van der Waals surface area (Å²) in [4.78, 5) is 39.6. The molecule has 2 aliphatic rings. The zero-order valence-corrected chi connectivity index (χ0v) is 19.1. The summed E-state index contributed by atoms with van der Waals surface area (Å²) in [5, 5.41) is 5.82. The molecule has 1 aromatic carbocycles. The highest BCUT2D eigenvalue weighted by Crippen LogP contribution is 2.26. The van der Waals surface area contributed by atoms with Gasteiger partial charge >= 0.3 is 0 Å².